The first kappa shape index (κ1) is 11.3. The first-order chi connectivity index (χ1) is 8.08. The standard InChI is InChI=1S/C12H10FN3O/c1-7-10(8(2)17)6-15-12(16-7)11-4-3-9(13)5-14-11/h3-6H,1-2H3. The third-order valence-electron chi connectivity index (χ3n) is 2.32. The number of rotatable bonds is 2. The molecule has 0 unspecified atom stereocenters. The quantitative estimate of drug-likeness (QED) is 0.743. The molecule has 0 N–H and O–H groups in total. The first-order valence-electron chi connectivity index (χ1n) is 5.04. The normalized spacial score (nSPS) is 10.3. The number of carbonyl (C=O) groups is 1. The van der Waals surface area contributed by atoms with Crippen molar-refractivity contribution >= 4 is 5.78 Å². The second-order valence-corrected chi connectivity index (χ2v) is 3.61. The number of carbonyl (C=O) groups excluding carboxylic acids is 1. The number of nitrogens with zero attached hydrogens (tertiary/aromatic N) is 3. The van der Waals surface area contributed by atoms with Gasteiger partial charge in [0.2, 0.25) is 0 Å². The molecule has 0 aliphatic rings. The van der Waals surface area contributed by atoms with E-state index in [4.69, 9.17) is 0 Å². The molecule has 0 radical (unpaired) electrons. The Bertz CT molecular complexity index is 566. The van der Waals surface area contributed by atoms with Gasteiger partial charge in [0.15, 0.2) is 11.6 Å². The summed E-state index contributed by atoms with van der Waals surface area (Å²) in [5.41, 5.74) is 1.55. The van der Waals surface area contributed by atoms with Crippen LogP contribution < -0.4 is 0 Å². The van der Waals surface area contributed by atoms with Gasteiger partial charge in [-0.15, -0.1) is 0 Å². The van der Waals surface area contributed by atoms with Crippen molar-refractivity contribution in [2.45, 2.75) is 13.8 Å². The summed E-state index contributed by atoms with van der Waals surface area (Å²) < 4.78 is 12.7. The van der Waals surface area contributed by atoms with Crippen molar-refractivity contribution in [1.29, 1.82) is 0 Å². The third kappa shape index (κ3) is 2.33. The Morgan fingerprint density at radius 2 is 2.00 bits per heavy atom. The molecular weight excluding hydrogens is 221 g/mol. The number of pyridine rings is 1. The van der Waals surface area contributed by atoms with E-state index in [1.807, 2.05) is 0 Å². The first-order valence-corrected chi connectivity index (χ1v) is 5.04. The summed E-state index contributed by atoms with van der Waals surface area (Å²) in [4.78, 5) is 23.3. The van der Waals surface area contributed by atoms with Crippen LogP contribution in [0.4, 0.5) is 4.39 Å². The van der Waals surface area contributed by atoms with Crippen LogP contribution in [0.15, 0.2) is 24.5 Å². The van der Waals surface area contributed by atoms with Crippen molar-refractivity contribution in [2.24, 2.45) is 0 Å². The van der Waals surface area contributed by atoms with E-state index in [1.165, 1.54) is 25.3 Å². The summed E-state index contributed by atoms with van der Waals surface area (Å²) in [6.07, 6.45) is 2.57. The zero-order chi connectivity index (χ0) is 12.4. The van der Waals surface area contributed by atoms with E-state index in [2.05, 4.69) is 15.0 Å². The van der Waals surface area contributed by atoms with Gasteiger partial charge >= 0.3 is 0 Å². The van der Waals surface area contributed by atoms with Crippen molar-refractivity contribution in [3.05, 3.63) is 41.6 Å². The maximum Gasteiger partial charge on any atom is 0.178 e. The highest BCUT2D eigenvalue weighted by molar-refractivity contribution is 5.94. The van der Waals surface area contributed by atoms with Crippen LogP contribution in [0.2, 0.25) is 0 Å². The molecule has 0 aliphatic heterocycles. The zero-order valence-electron chi connectivity index (χ0n) is 9.44. The maximum atomic E-state index is 12.7. The van der Waals surface area contributed by atoms with E-state index in [0.29, 0.717) is 22.8 Å². The van der Waals surface area contributed by atoms with E-state index in [0.717, 1.165) is 6.20 Å². The third-order valence-corrected chi connectivity index (χ3v) is 2.32. The molecule has 2 heterocycles. The van der Waals surface area contributed by atoms with Crippen LogP contribution >= 0.6 is 0 Å². The topological polar surface area (TPSA) is 55.7 Å². The molecule has 2 rings (SSSR count). The Kier molecular flexibility index (Phi) is 2.91. The number of aryl methyl sites for hydroxylation is 1. The van der Waals surface area contributed by atoms with Gasteiger partial charge in [0.05, 0.1) is 17.5 Å². The Hall–Kier alpha value is -2.17. The van der Waals surface area contributed by atoms with Crippen LogP contribution in [0.3, 0.4) is 0 Å². The van der Waals surface area contributed by atoms with Crippen molar-refractivity contribution in [1.82, 2.24) is 15.0 Å². The number of Topliss-reactive ketones (excluding diaryl/α,β-unsaturated/α-hetero) is 1. The molecule has 0 bridgehead atoms. The zero-order valence-corrected chi connectivity index (χ0v) is 9.44. The van der Waals surface area contributed by atoms with Crippen LogP contribution in [0.25, 0.3) is 11.5 Å². The summed E-state index contributed by atoms with van der Waals surface area (Å²) in [7, 11) is 0. The predicted molar refractivity (Wildman–Crippen MR) is 60.0 cm³/mol. The van der Waals surface area contributed by atoms with E-state index < -0.39 is 5.82 Å². The average molecular weight is 231 g/mol. The molecule has 5 heteroatoms. The van der Waals surface area contributed by atoms with Crippen molar-refractivity contribution in [3.8, 4) is 11.5 Å². The lowest BCUT2D eigenvalue weighted by molar-refractivity contribution is 0.101. The van der Waals surface area contributed by atoms with Gasteiger partial charge < -0.3 is 0 Å². The summed E-state index contributed by atoms with van der Waals surface area (Å²) in [5, 5.41) is 0. The van der Waals surface area contributed by atoms with E-state index >= 15 is 0 Å². The second kappa shape index (κ2) is 4.37. The molecule has 2 aromatic rings. The van der Waals surface area contributed by atoms with Gasteiger partial charge in [-0.25, -0.2) is 19.3 Å². The fraction of sp³-hybridized carbons (Fsp3) is 0.167. The van der Waals surface area contributed by atoms with E-state index in [-0.39, 0.29) is 5.78 Å². The van der Waals surface area contributed by atoms with Gasteiger partial charge in [0, 0.05) is 6.20 Å². The molecule has 0 fully saturated rings. The lowest BCUT2D eigenvalue weighted by Gasteiger charge is -2.03. The Labute approximate surface area is 97.6 Å². The van der Waals surface area contributed by atoms with Crippen LogP contribution in [-0.4, -0.2) is 20.7 Å². The molecule has 17 heavy (non-hydrogen) atoms. The Morgan fingerprint density at radius 1 is 1.24 bits per heavy atom. The molecule has 86 valence electrons. The van der Waals surface area contributed by atoms with Gasteiger partial charge in [0.1, 0.15) is 11.5 Å². The van der Waals surface area contributed by atoms with Crippen molar-refractivity contribution in [2.75, 3.05) is 0 Å². The highest BCUT2D eigenvalue weighted by Gasteiger charge is 2.09. The lowest BCUT2D eigenvalue weighted by atomic mass is 10.2. The van der Waals surface area contributed by atoms with Crippen LogP contribution in [0, 0.1) is 12.7 Å². The highest BCUT2D eigenvalue weighted by Crippen LogP contribution is 2.14. The molecule has 2 aromatic heterocycles. The number of aromatic nitrogens is 3. The van der Waals surface area contributed by atoms with Gasteiger partial charge in [-0.2, -0.15) is 0 Å². The molecular formula is C12H10FN3O. The molecule has 0 saturated carbocycles. The van der Waals surface area contributed by atoms with E-state index in [1.54, 1.807) is 6.92 Å². The predicted octanol–water partition coefficient (Wildman–Crippen LogP) is 2.19. The fourth-order valence-corrected chi connectivity index (χ4v) is 1.44. The highest BCUT2D eigenvalue weighted by atomic mass is 19.1. The maximum absolute atomic E-state index is 12.7. The van der Waals surface area contributed by atoms with Crippen LogP contribution in [0.1, 0.15) is 23.0 Å². The van der Waals surface area contributed by atoms with Crippen LogP contribution in [-0.2, 0) is 0 Å². The smallest absolute Gasteiger partial charge is 0.178 e. The van der Waals surface area contributed by atoms with Gasteiger partial charge in [-0.3, -0.25) is 4.79 Å². The molecule has 0 amide bonds. The Morgan fingerprint density at radius 3 is 2.53 bits per heavy atom. The molecule has 0 saturated heterocycles. The minimum Gasteiger partial charge on any atom is -0.294 e. The van der Waals surface area contributed by atoms with Gasteiger partial charge in [0.25, 0.3) is 0 Å². The number of halogens is 1. The molecule has 0 aliphatic carbocycles. The fourth-order valence-electron chi connectivity index (χ4n) is 1.44. The van der Waals surface area contributed by atoms with Crippen molar-refractivity contribution in [3.63, 3.8) is 0 Å². The van der Waals surface area contributed by atoms with Gasteiger partial charge in [-0.1, -0.05) is 0 Å². The van der Waals surface area contributed by atoms with E-state index in [9.17, 15) is 9.18 Å². The molecule has 4 nitrogen and oxygen atoms in total. The SMILES string of the molecule is CC(=O)c1cnc(-c2ccc(F)cn2)nc1C. The number of hydrogen-bond donors (Lipinski definition) is 0. The second-order valence-electron chi connectivity index (χ2n) is 3.61. The largest absolute Gasteiger partial charge is 0.294 e. The summed E-state index contributed by atoms with van der Waals surface area (Å²) >= 11 is 0. The summed E-state index contributed by atoms with van der Waals surface area (Å²) in [6.45, 7) is 3.19. The molecule has 0 spiro atoms. The minimum absolute atomic E-state index is 0.0823. The molecule has 0 atom stereocenters. The summed E-state index contributed by atoms with van der Waals surface area (Å²) in [5.74, 6) is -0.112. The minimum atomic E-state index is -0.411. The van der Waals surface area contributed by atoms with Gasteiger partial charge in [-0.05, 0) is 26.0 Å². The number of ketones is 1. The summed E-state index contributed by atoms with van der Waals surface area (Å²) in [6, 6.07) is 2.79. The molecule has 0 aromatic carbocycles. The number of hydrogen-bond acceptors (Lipinski definition) is 4. The van der Waals surface area contributed by atoms with Crippen LogP contribution in [0.5, 0.6) is 0 Å². The van der Waals surface area contributed by atoms with Crippen molar-refractivity contribution < 1.29 is 9.18 Å². The average Bonchev–Trinajstić information content (AvgIpc) is 2.29. The Balaban J connectivity index is 2.44. The monoisotopic (exact) mass is 231 g/mol. The lowest BCUT2D eigenvalue weighted by Crippen LogP contribution is -2.02.